The van der Waals surface area contributed by atoms with E-state index in [9.17, 15) is 19.5 Å². The van der Waals surface area contributed by atoms with E-state index >= 15 is 0 Å². The van der Waals surface area contributed by atoms with E-state index in [0.29, 0.717) is 6.42 Å². The minimum absolute atomic E-state index is 0.0579. The lowest BCUT2D eigenvalue weighted by Crippen LogP contribution is -2.43. The molecule has 0 aliphatic carbocycles. The Morgan fingerprint density at radius 1 is 1.09 bits per heavy atom. The summed E-state index contributed by atoms with van der Waals surface area (Å²) in [7, 11) is 0. The first-order valence-corrected chi connectivity index (χ1v) is 7.71. The largest absolute Gasteiger partial charge is 0.480 e. The zero-order valence-electron chi connectivity index (χ0n) is 13.5. The minimum Gasteiger partial charge on any atom is -0.480 e. The quantitative estimate of drug-likeness (QED) is 0.640. The fourth-order valence-corrected chi connectivity index (χ4v) is 2.07. The average molecular weight is 320 g/mol. The van der Waals surface area contributed by atoms with Gasteiger partial charge in [-0.25, -0.2) is 4.79 Å². The number of nitrogens with one attached hydrogen (secondary N) is 2. The number of hydrogen-bond acceptors (Lipinski definition) is 3. The summed E-state index contributed by atoms with van der Waals surface area (Å²) in [6, 6.07) is 8.14. The maximum Gasteiger partial charge on any atom is 0.326 e. The Bertz CT molecular complexity index is 529. The van der Waals surface area contributed by atoms with Gasteiger partial charge in [0.05, 0.1) is 0 Å². The summed E-state index contributed by atoms with van der Waals surface area (Å²) in [6.45, 7) is 4.08. The summed E-state index contributed by atoms with van der Waals surface area (Å²) >= 11 is 0. The summed E-state index contributed by atoms with van der Waals surface area (Å²) in [5.41, 5.74) is 0.838. The molecule has 0 aliphatic rings. The van der Waals surface area contributed by atoms with Crippen LogP contribution in [0.1, 0.15) is 32.3 Å². The van der Waals surface area contributed by atoms with E-state index in [2.05, 4.69) is 10.6 Å². The molecule has 1 atom stereocenters. The van der Waals surface area contributed by atoms with Crippen molar-refractivity contribution in [3.8, 4) is 0 Å². The number of carbonyl (C=O) groups excluding carboxylic acids is 2. The molecule has 6 nitrogen and oxygen atoms in total. The molecule has 0 aromatic heterocycles. The van der Waals surface area contributed by atoms with Crippen LogP contribution in [0.15, 0.2) is 30.3 Å². The topological polar surface area (TPSA) is 95.5 Å². The first kappa shape index (κ1) is 18.7. The Morgan fingerprint density at radius 2 is 1.74 bits per heavy atom. The summed E-state index contributed by atoms with van der Waals surface area (Å²) in [4.78, 5) is 34.6. The number of carboxylic acids is 1. The van der Waals surface area contributed by atoms with Gasteiger partial charge in [0.2, 0.25) is 11.8 Å². The van der Waals surface area contributed by atoms with Gasteiger partial charge in [-0.05, 0) is 11.5 Å². The predicted octanol–water partition coefficient (Wildman–Crippen LogP) is 1.35. The summed E-state index contributed by atoms with van der Waals surface area (Å²) in [5, 5.41) is 14.4. The lowest BCUT2D eigenvalue weighted by molar-refractivity contribution is -0.141. The predicted molar refractivity (Wildman–Crippen MR) is 86.8 cm³/mol. The molecular formula is C17H24N2O4. The van der Waals surface area contributed by atoms with E-state index in [1.807, 2.05) is 44.2 Å². The normalized spacial score (nSPS) is 11.8. The van der Waals surface area contributed by atoms with E-state index in [-0.39, 0.29) is 31.2 Å². The van der Waals surface area contributed by atoms with E-state index < -0.39 is 17.9 Å². The van der Waals surface area contributed by atoms with E-state index in [1.165, 1.54) is 0 Å². The second-order valence-corrected chi connectivity index (χ2v) is 5.85. The van der Waals surface area contributed by atoms with Crippen LogP contribution in [-0.4, -0.2) is 35.5 Å². The molecule has 0 spiro atoms. The maximum absolute atomic E-state index is 11.8. The Labute approximate surface area is 136 Å². The Balaban J connectivity index is 2.40. The van der Waals surface area contributed by atoms with Crippen molar-refractivity contribution in [1.82, 2.24) is 10.6 Å². The van der Waals surface area contributed by atoms with Crippen LogP contribution >= 0.6 is 0 Å². The van der Waals surface area contributed by atoms with E-state index in [1.54, 1.807) is 0 Å². The van der Waals surface area contributed by atoms with Gasteiger partial charge in [0.25, 0.3) is 0 Å². The zero-order valence-corrected chi connectivity index (χ0v) is 13.5. The van der Waals surface area contributed by atoms with Crippen LogP contribution < -0.4 is 10.6 Å². The maximum atomic E-state index is 11.8. The molecule has 6 heteroatoms. The van der Waals surface area contributed by atoms with Crippen molar-refractivity contribution in [1.29, 1.82) is 0 Å². The molecule has 0 saturated heterocycles. The molecule has 2 amide bonds. The Hall–Kier alpha value is -2.37. The molecule has 23 heavy (non-hydrogen) atoms. The first-order valence-electron chi connectivity index (χ1n) is 7.71. The third-order valence-corrected chi connectivity index (χ3v) is 3.18. The fraction of sp³-hybridized carbons (Fsp3) is 0.471. The molecule has 0 fully saturated rings. The van der Waals surface area contributed by atoms with Gasteiger partial charge in [-0.3, -0.25) is 9.59 Å². The van der Waals surface area contributed by atoms with Crippen molar-refractivity contribution < 1.29 is 19.5 Å². The van der Waals surface area contributed by atoms with Crippen molar-refractivity contribution >= 4 is 17.8 Å². The lowest BCUT2D eigenvalue weighted by atomic mass is 10.1. The molecule has 1 aromatic rings. The number of carbonyl (C=O) groups is 3. The number of rotatable bonds is 9. The Kier molecular flexibility index (Phi) is 7.80. The molecule has 1 rings (SSSR count). The van der Waals surface area contributed by atoms with Crippen LogP contribution in [0.3, 0.4) is 0 Å². The molecule has 0 heterocycles. The van der Waals surface area contributed by atoms with Crippen molar-refractivity contribution in [2.75, 3.05) is 6.54 Å². The van der Waals surface area contributed by atoms with Crippen LogP contribution in [0.5, 0.6) is 0 Å². The van der Waals surface area contributed by atoms with Crippen molar-refractivity contribution in [2.45, 2.75) is 39.2 Å². The molecule has 3 N–H and O–H groups in total. The van der Waals surface area contributed by atoms with Gasteiger partial charge in [0, 0.05) is 25.8 Å². The van der Waals surface area contributed by atoms with Gasteiger partial charge >= 0.3 is 5.97 Å². The molecule has 126 valence electrons. The van der Waals surface area contributed by atoms with E-state index in [4.69, 9.17) is 0 Å². The number of aliphatic carboxylic acids is 1. The molecular weight excluding hydrogens is 296 g/mol. The Morgan fingerprint density at radius 3 is 2.30 bits per heavy atom. The summed E-state index contributed by atoms with van der Waals surface area (Å²) < 4.78 is 0. The average Bonchev–Trinajstić information content (AvgIpc) is 2.46. The molecule has 0 aliphatic heterocycles. The monoisotopic (exact) mass is 320 g/mol. The summed E-state index contributed by atoms with van der Waals surface area (Å²) in [5.74, 6) is -1.32. The van der Waals surface area contributed by atoms with Crippen molar-refractivity contribution in [3.05, 3.63) is 35.9 Å². The number of amides is 2. The third-order valence-electron chi connectivity index (χ3n) is 3.18. The highest BCUT2D eigenvalue weighted by atomic mass is 16.4. The van der Waals surface area contributed by atoms with Crippen molar-refractivity contribution in [2.24, 2.45) is 5.92 Å². The molecule has 0 saturated carbocycles. The second-order valence-electron chi connectivity index (χ2n) is 5.85. The van der Waals surface area contributed by atoms with Crippen LogP contribution in [-0.2, 0) is 20.8 Å². The van der Waals surface area contributed by atoms with Crippen LogP contribution in [0.2, 0.25) is 0 Å². The van der Waals surface area contributed by atoms with Gasteiger partial charge in [0.15, 0.2) is 0 Å². The standard InChI is InChI=1S/C17H24N2O4/c1-12(2)10-16(21)18-9-8-15(20)19-14(17(22)23)11-13-6-4-3-5-7-13/h3-7,12,14H,8-11H2,1-2H3,(H,18,21)(H,19,20)(H,22,23)/t14-/m1/s1. The second kappa shape index (κ2) is 9.61. The molecule has 0 unspecified atom stereocenters. The molecule has 0 radical (unpaired) electrons. The van der Waals surface area contributed by atoms with Crippen LogP contribution in [0.25, 0.3) is 0 Å². The smallest absolute Gasteiger partial charge is 0.326 e. The zero-order chi connectivity index (χ0) is 17.2. The van der Waals surface area contributed by atoms with Crippen molar-refractivity contribution in [3.63, 3.8) is 0 Å². The lowest BCUT2D eigenvalue weighted by Gasteiger charge is -2.15. The highest BCUT2D eigenvalue weighted by Crippen LogP contribution is 2.04. The SMILES string of the molecule is CC(C)CC(=O)NCCC(=O)N[C@H](Cc1ccccc1)C(=O)O. The minimum atomic E-state index is -1.08. The van der Waals surface area contributed by atoms with Gasteiger partial charge in [-0.1, -0.05) is 44.2 Å². The highest BCUT2D eigenvalue weighted by Gasteiger charge is 2.20. The van der Waals surface area contributed by atoms with Gasteiger partial charge in [-0.2, -0.15) is 0 Å². The van der Waals surface area contributed by atoms with Crippen LogP contribution in [0, 0.1) is 5.92 Å². The third kappa shape index (κ3) is 7.99. The van der Waals surface area contributed by atoms with Crippen LogP contribution in [0.4, 0.5) is 0 Å². The fourth-order valence-electron chi connectivity index (χ4n) is 2.07. The molecule has 1 aromatic carbocycles. The summed E-state index contributed by atoms with van der Waals surface area (Å²) in [6.07, 6.45) is 0.692. The van der Waals surface area contributed by atoms with Gasteiger partial charge < -0.3 is 15.7 Å². The van der Waals surface area contributed by atoms with E-state index in [0.717, 1.165) is 5.56 Å². The number of benzene rings is 1. The van der Waals surface area contributed by atoms with Gasteiger partial charge in [0.1, 0.15) is 6.04 Å². The number of carboxylic acid groups (broad SMARTS) is 1. The number of hydrogen-bond donors (Lipinski definition) is 3. The highest BCUT2D eigenvalue weighted by molar-refractivity contribution is 5.84. The first-order chi connectivity index (χ1) is 10.9. The molecule has 0 bridgehead atoms. The van der Waals surface area contributed by atoms with Gasteiger partial charge in [-0.15, -0.1) is 0 Å².